The Morgan fingerprint density at radius 2 is 1.24 bits per heavy atom. The largest absolute Gasteiger partial charge is 0.461 e. The molecule has 0 saturated heterocycles. The van der Waals surface area contributed by atoms with Crippen molar-refractivity contribution in [1.29, 1.82) is 0 Å². The Bertz CT molecular complexity index is 649. The predicted molar refractivity (Wildman–Crippen MR) is 107 cm³/mol. The number of carbonyl (C=O) groups excluding carboxylic acids is 1. The highest BCUT2D eigenvalue weighted by Crippen LogP contribution is 2.40. The normalized spacial score (nSPS) is 12.2. The average molecular weight is 422 g/mol. The van der Waals surface area contributed by atoms with Crippen molar-refractivity contribution in [2.24, 2.45) is 0 Å². The minimum atomic E-state index is -5.94. The molecule has 0 heterocycles. The second kappa shape index (κ2) is 10.8. The van der Waals surface area contributed by atoms with Crippen molar-refractivity contribution in [3.05, 3.63) is 23.8 Å². The Hall–Kier alpha value is -1.86. The lowest BCUT2D eigenvalue weighted by molar-refractivity contribution is -0.255. The zero-order valence-corrected chi connectivity index (χ0v) is 17.6. The molecule has 1 rings (SSSR count). The molecule has 1 aromatic rings. The van der Waals surface area contributed by atoms with E-state index in [1.54, 1.807) is 11.0 Å². The van der Waals surface area contributed by atoms with Crippen LogP contribution in [-0.4, -0.2) is 44.1 Å². The molecule has 0 fully saturated rings. The van der Waals surface area contributed by atoms with E-state index < -0.39 is 23.4 Å². The molecule has 0 radical (unpaired) electrons. The topological polar surface area (TPSA) is 23.6 Å². The van der Waals surface area contributed by atoms with Crippen LogP contribution in [0.2, 0.25) is 0 Å². The van der Waals surface area contributed by atoms with Crippen LogP contribution in [0.5, 0.6) is 0 Å². The fourth-order valence-electron chi connectivity index (χ4n) is 3.28. The highest BCUT2D eigenvalue weighted by molar-refractivity contribution is 6.07. The SMILES string of the molecule is CCCN(CCC)c1ccc(N(CCC)CCC)c(C(=O)C(F)(F)C(F)(F)F)c1. The van der Waals surface area contributed by atoms with Crippen LogP contribution in [0.25, 0.3) is 0 Å². The van der Waals surface area contributed by atoms with E-state index in [1.807, 2.05) is 32.6 Å². The van der Waals surface area contributed by atoms with Gasteiger partial charge in [0.05, 0.1) is 0 Å². The molecule has 166 valence electrons. The number of rotatable bonds is 12. The number of hydrogen-bond donors (Lipinski definition) is 0. The highest BCUT2D eigenvalue weighted by Gasteiger charge is 2.63. The molecule has 0 atom stereocenters. The van der Waals surface area contributed by atoms with Crippen molar-refractivity contribution in [1.82, 2.24) is 0 Å². The third-order valence-corrected chi connectivity index (χ3v) is 4.55. The summed E-state index contributed by atoms with van der Waals surface area (Å²) in [4.78, 5) is 16.0. The number of halogens is 5. The molecule has 0 aliphatic carbocycles. The molecule has 0 aliphatic rings. The van der Waals surface area contributed by atoms with Crippen LogP contribution in [0.3, 0.4) is 0 Å². The van der Waals surface area contributed by atoms with Gasteiger partial charge in [-0.15, -0.1) is 0 Å². The van der Waals surface area contributed by atoms with Crippen LogP contribution in [0.4, 0.5) is 33.3 Å². The second-order valence-electron chi connectivity index (χ2n) is 7.08. The third-order valence-electron chi connectivity index (χ3n) is 4.55. The van der Waals surface area contributed by atoms with Crippen LogP contribution >= 0.6 is 0 Å². The lowest BCUT2D eigenvalue weighted by Crippen LogP contribution is -2.44. The van der Waals surface area contributed by atoms with Gasteiger partial charge in [-0.2, -0.15) is 22.0 Å². The molecule has 0 spiro atoms. The van der Waals surface area contributed by atoms with Crippen molar-refractivity contribution < 1.29 is 26.7 Å². The molecule has 29 heavy (non-hydrogen) atoms. The lowest BCUT2D eigenvalue weighted by Gasteiger charge is -2.30. The summed E-state index contributed by atoms with van der Waals surface area (Å²) in [6.45, 7) is 9.81. The Morgan fingerprint density at radius 1 is 0.793 bits per heavy atom. The summed E-state index contributed by atoms with van der Waals surface area (Å²) >= 11 is 0. The van der Waals surface area contributed by atoms with Gasteiger partial charge in [-0.25, -0.2) is 0 Å². The van der Waals surface area contributed by atoms with Gasteiger partial charge in [-0.05, 0) is 43.9 Å². The van der Waals surface area contributed by atoms with Crippen molar-refractivity contribution in [3.8, 4) is 0 Å². The van der Waals surface area contributed by atoms with E-state index >= 15 is 0 Å². The van der Waals surface area contributed by atoms with E-state index in [2.05, 4.69) is 0 Å². The minimum Gasteiger partial charge on any atom is -0.372 e. The number of anilines is 2. The quantitative estimate of drug-likeness (QED) is 0.291. The summed E-state index contributed by atoms with van der Waals surface area (Å²) in [5.74, 6) is -7.64. The van der Waals surface area contributed by atoms with E-state index in [0.29, 0.717) is 44.7 Å². The molecule has 1 aromatic carbocycles. The summed E-state index contributed by atoms with van der Waals surface area (Å²) in [6, 6.07) is 4.39. The minimum absolute atomic E-state index is 0.124. The van der Waals surface area contributed by atoms with E-state index in [4.69, 9.17) is 0 Å². The first kappa shape index (κ1) is 25.2. The first-order chi connectivity index (χ1) is 13.5. The smallest absolute Gasteiger partial charge is 0.372 e. The first-order valence-corrected chi connectivity index (χ1v) is 10.2. The molecule has 0 amide bonds. The van der Waals surface area contributed by atoms with Gasteiger partial charge < -0.3 is 9.80 Å². The summed E-state index contributed by atoms with van der Waals surface area (Å²) in [6.07, 6.45) is -3.04. The average Bonchev–Trinajstić information content (AvgIpc) is 2.65. The van der Waals surface area contributed by atoms with Gasteiger partial charge in [-0.1, -0.05) is 27.7 Å². The number of carbonyl (C=O) groups is 1. The molecule has 0 aliphatic heterocycles. The van der Waals surface area contributed by atoms with Gasteiger partial charge in [0.2, 0.25) is 5.78 Å². The summed E-state index contributed by atoms with van der Waals surface area (Å²) in [5.41, 5.74) is 0.0231. The molecule has 3 nitrogen and oxygen atoms in total. The van der Waals surface area contributed by atoms with Crippen LogP contribution in [0.1, 0.15) is 63.7 Å². The van der Waals surface area contributed by atoms with E-state index in [0.717, 1.165) is 12.8 Å². The summed E-state index contributed by atoms with van der Waals surface area (Å²) < 4.78 is 66.6. The Balaban J connectivity index is 3.59. The first-order valence-electron chi connectivity index (χ1n) is 10.2. The number of benzene rings is 1. The van der Waals surface area contributed by atoms with Gasteiger partial charge in [0.15, 0.2) is 0 Å². The fraction of sp³-hybridized carbons (Fsp3) is 0.667. The maximum absolute atomic E-state index is 13.9. The van der Waals surface area contributed by atoms with Gasteiger partial charge >= 0.3 is 12.1 Å². The maximum Gasteiger partial charge on any atom is 0.461 e. The highest BCUT2D eigenvalue weighted by atomic mass is 19.4. The molecule has 0 unspecified atom stereocenters. The number of alkyl halides is 5. The molecular formula is C21H31F5N2O. The molecule has 8 heteroatoms. The van der Waals surface area contributed by atoms with Gasteiger partial charge in [0, 0.05) is 43.1 Å². The standard InChI is InChI=1S/C21H31F5N2O/c1-5-11-27(12-6-2)16-9-10-18(28(13-7-3)14-8-4)17(15-16)19(29)20(22,23)21(24,25)26/h9-10,15H,5-8,11-14H2,1-4H3. The van der Waals surface area contributed by atoms with E-state index in [-0.39, 0.29) is 5.69 Å². The lowest BCUT2D eigenvalue weighted by atomic mass is 10.00. The Morgan fingerprint density at radius 3 is 1.66 bits per heavy atom. The molecule has 0 aromatic heterocycles. The van der Waals surface area contributed by atoms with Gasteiger partial charge in [0.25, 0.3) is 0 Å². The number of hydrogen-bond acceptors (Lipinski definition) is 3. The Kier molecular flexibility index (Phi) is 9.36. The van der Waals surface area contributed by atoms with E-state index in [1.165, 1.54) is 12.1 Å². The maximum atomic E-state index is 13.9. The zero-order valence-electron chi connectivity index (χ0n) is 17.6. The summed E-state index contributed by atoms with van der Waals surface area (Å²) in [5, 5.41) is 0. The van der Waals surface area contributed by atoms with Crippen LogP contribution in [-0.2, 0) is 0 Å². The van der Waals surface area contributed by atoms with Gasteiger partial charge in [0.1, 0.15) is 0 Å². The third kappa shape index (κ3) is 6.06. The van der Waals surface area contributed by atoms with Crippen LogP contribution < -0.4 is 9.80 Å². The van der Waals surface area contributed by atoms with E-state index in [9.17, 15) is 26.7 Å². The number of Topliss-reactive ketones (excluding diaryl/α,β-unsaturated/α-hetero) is 1. The van der Waals surface area contributed by atoms with Crippen molar-refractivity contribution >= 4 is 17.2 Å². The van der Waals surface area contributed by atoms with Crippen molar-refractivity contribution in [3.63, 3.8) is 0 Å². The van der Waals surface area contributed by atoms with Crippen molar-refractivity contribution in [2.75, 3.05) is 36.0 Å². The summed E-state index contributed by atoms with van der Waals surface area (Å²) in [7, 11) is 0. The monoisotopic (exact) mass is 422 g/mol. The van der Waals surface area contributed by atoms with Crippen LogP contribution in [0, 0.1) is 0 Å². The zero-order chi connectivity index (χ0) is 22.2. The molecular weight excluding hydrogens is 391 g/mol. The number of ketones is 1. The fourth-order valence-corrected chi connectivity index (χ4v) is 3.28. The number of nitrogens with zero attached hydrogens (tertiary/aromatic N) is 2. The second-order valence-corrected chi connectivity index (χ2v) is 7.08. The van der Waals surface area contributed by atoms with Gasteiger partial charge in [-0.3, -0.25) is 4.79 Å². The molecule has 0 N–H and O–H groups in total. The molecule has 0 saturated carbocycles. The Labute approximate surface area is 169 Å². The molecule has 0 bridgehead atoms. The van der Waals surface area contributed by atoms with Crippen LogP contribution in [0.15, 0.2) is 18.2 Å². The van der Waals surface area contributed by atoms with Crippen molar-refractivity contribution in [2.45, 2.75) is 65.5 Å². The predicted octanol–water partition coefficient (Wildman–Crippen LogP) is 6.32.